The summed E-state index contributed by atoms with van der Waals surface area (Å²) < 4.78 is 13.7. The fraction of sp³-hybridized carbons (Fsp3) is 0.500. The maximum Gasteiger partial charge on any atom is 0.256 e. The zero-order valence-electron chi connectivity index (χ0n) is 11.2. The molecule has 3 nitrogen and oxygen atoms in total. The minimum Gasteiger partial charge on any atom is -0.338 e. The van der Waals surface area contributed by atoms with E-state index in [9.17, 15) is 9.18 Å². The Morgan fingerprint density at radius 3 is 2.58 bits per heavy atom. The molecule has 1 aromatic rings. The van der Waals surface area contributed by atoms with Gasteiger partial charge < -0.3 is 10.2 Å². The monoisotopic (exact) mass is 284 g/mol. The molecule has 1 fully saturated rings. The van der Waals surface area contributed by atoms with Crippen LogP contribution in [0.3, 0.4) is 0 Å². The third-order valence-corrected chi connectivity index (χ3v) is 4.15. The van der Waals surface area contributed by atoms with Crippen molar-refractivity contribution >= 4 is 17.5 Å². The van der Waals surface area contributed by atoms with Crippen LogP contribution in [0.2, 0.25) is 5.02 Å². The van der Waals surface area contributed by atoms with Gasteiger partial charge in [-0.05, 0) is 45.0 Å². The Morgan fingerprint density at radius 2 is 2.05 bits per heavy atom. The number of hydrogen-bond acceptors (Lipinski definition) is 2. The first-order valence-electron chi connectivity index (χ1n) is 6.38. The fourth-order valence-electron chi connectivity index (χ4n) is 2.29. The van der Waals surface area contributed by atoms with Crippen molar-refractivity contribution in [3.8, 4) is 0 Å². The molecule has 104 valence electrons. The molecule has 1 amide bonds. The molecule has 1 aromatic carbocycles. The molecule has 0 saturated carbocycles. The van der Waals surface area contributed by atoms with Crippen molar-refractivity contribution in [2.24, 2.45) is 0 Å². The molecule has 0 atom stereocenters. The van der Waals surface area contributed by atoms with E-state index in [-0.39, 0.29) is 17.0 Å². The molecule has 1 N–H and O–H groups in total. The number of halogens is 2. The van der Waals surface area contributed by atoms with E-state index in [0.29, 0.717) is 18.1 Å². The molecule has 19 heavy (non-hydrogen) atoms. The maximum absolute atomic E-state index is 13.7. The number of nitrogens with zero attached hydrogens (tertiary/aromatic N) is 1. The molecule has 5 heteroatoms. The predicted octanol–water partition coefficient (Wildman–Crippen LogP) is 2.69. The third-order valence-electron chi connectivity index (χ3n) is 3.92. The topological polar surface area (TPSA) is 32.3 Å². The van der Waals surface area contributed by atoms with Crippen molar-refractivity contribution < 1.29 is 9.18 Å². The maximum atomic E-state index is 13.7. The van der Waals surface area contributed by atoms with E-state index in [1.54, 1.807) is 11.0 Å². The second-order valence-corrected chi connectivity index (χ2v) is 5.66. The van der Waals surface area contributed by atoms with Gasteiger partial charge in [0.05, 0.1) is 5.56 Å². The molecule has 0 spiro atoms. The van der Waals surface area contributed by atoms with E-state index in [1.165, 1.54) is 12.1 Å². The van der Waals surface area contributed by atoms with Crippen LogP contribution in [0.4, 0.5) is 4.39 Å². The van der Waals surface area contributed by atoms with E-state index < -0.39 is 5.82 Å². The molecule has 1 saturated heterocycles. The van der Waals surface area contributed by atoms with Crippen molar-refractivity contribution in [3.63, 3.8) is 0 Å². The standard InChI is InChI=1S/C14H18ClFN2O/c1-14(17-2)5-7-18(8-6-14)13(19)11-4-3-10(15)9-12(11)16/h3-4,9,17H,5-8H2,1-2H3. The molecule has 1 aliphatic heterocycles. The summed E-state index contributed by atoms with van der Waals surface area (Å²) in [4.78, 5) is 14.0. The number of nitrogens with one attached hydrogen (secondary N) is 1. The van der Waals surface area contributed by atoms with Gasteiger partial charge in [-0.25, -0.2) is 4.39 Å². The number of likely N-dealkylation sites (tertiary alicyclic amines) is 1. The highest BCUT2D eigenvalue weighted by Crippen LogP contribution is 2.23. The van der Waals surface area contributed by atoms with Crippen LogP contribution in [0.5, 0.6) is 0 Å². The first-order valence-corrected chi connectivity index (χ1v) is 6.76. The molecule has 0 aromatic heterocycles. The van der Waals surface area contributed by atoms with Crippen LogP contribution < -0.4 is 5.32 Å². The smallest absolute Gasteiger partial charge is 0.256 e. The Bertz CT molecular complexity index is 484. The van der Waals surface area contributed by atoms with Crippen LogP contribution in [0.1, 0.15) is 30.1 Å². The second-order valence-electron chi connectivity index (χ2n) is 5.23. The molecule has 0 aliphatic carbocycles. The first kappa shape index (κ1) is 14.3. The van der Waals surface area contributed by atoms with Gasteiger partial charge in [-0.15, -0.1) is 0 Å². The summed E-state index contributed by atoms with van der Waals surface area (Å²) in [5.74, 6) is -0.813. The van der Waals surface area contributed by atoms with Crippen LogP contribution in [0.15, 0.2) is 18.2 Å². The fourth-order valence-corrected chi connectivity index (χ4v) is 2.45. The number of rotatable bonds is 2. The lowest BCUT2D eigenvalue weighted by Gasteiger charge is -2.39. The number of amides is 1. The lowest BCUT2D eigenvalue weighted by Crippen LogP contribution is -2.51. The molecular weight excluding hydrogens is 267 g/mol. The number of piperidine rings is 1. The Hall–Kier alpha value is -1.13. The van der Waals surface area contributed by atoms with E-state index in [2.05, 4.69) is 12.2 Å². The summed E-state index contributed by atoms with van der Waals surface area (Å²) in [6, 6.07) is 4.17. The van der Waals surface area contributed by atoms with E-state index in [1.807, 2.05) is 7.05 Å². The SMILES string of the molecule is CNC1(C)CCN(C(=O)c2ccc(Cl)cc2F)CC1. The molecule has 0 bridgehead atoms. The lowest BCUT2D eigenvalue weighted by molar-refractivity contribution is 0.0657. The van der Waals surface area contributed by atoms with E-state index in [0.717, 1.165) is 12.8 Å². The van der Waals surface area contributed by atoms with Gasteiger partial charge in [-0.2, -0.15) is 0 Å². The second kappa shape index (κ2) is 5.47. The number of carbonyl (C=O) groups excluding carboxylic acids is 1. The van der Waals surface area contributed by atoms with Gasteiger partial charge in [-0.3, -0.25) is 4.79 Å². The van der Waals surface area contributed by atoms with E-state index in [4.69, 9.17) is 11.6 Å². The number of benzene rings is 1. The minimum absolute atomic E-state index is 0.0648. The Labute approximate surface area is 117 Å². The highest BCUT2D eigenvalue weighted by molar-refractivity contribution is 6.30. The van der Waals surface area contributed by atoms with Crippen molar-refractivity contribution in [1.82, 2.24) is 10.2 Å². The van der Waals surface area contributed by atoms with Gasteiger partial charge in [-0.1, -0.05) is 11.6 Å². The summed E-state index contributed by atoms with van der Waals surface area (Å²) in [6.07, 6.45) is 1.73. The molecule has 1 aliphatic rings. The lowest BCUT2D eigenvalue weighted by atomic mass is 9.89. The summed E-state index contributed by atoms with van der Waals surface area (Å²) in [5.41, 5.74) is 0.160. The summed E-state index contributed by atoms with van der Waals surface area (Å²) in [7, 11) is 1.93. The normalized spacial score (nSPS) is 18.4. The van der Waals surface area contributed by atoms with Gasteiger partial charge in [0.1, 0.15) is 5.82 Å². The molecule has 0 radical (unpaired) electrons. The quantitative estimate of drug-likeness (QED) is 0.906. The van der Waals surface area contributed by atoms with Crippen molar-refractivity contribution in [2.75, 3.05) is 20.1 Å². The van der Waals surface area contributed by atoms with E-state index >= 15 is 0 Å². The van der Waals surface area contributed by atoms with Crippen molar-refractivity contribution in [3.05, 3.63) is 34.6 Å². The predicted molar refractivity (Wildman–Crippen MR) is 74.0 cm³/mol. The van der Waals surface area contributed by atoms with Crippen molar-refractivity contribution in [2.45, 2.75) is 25.3 Å². The minimum atomic E-state index is -0.556. The highest BCUT2D eigenvalue weighted by Gasteiger charge is 2.31. The highest BCUT2D eigenvalue weighted by atomic mass is 35.5. The van der Waals surface area contributed by atoms with Crippen LogP contribution in [-0.2, 0) is 0 Å². The molecule has 0 unspecified atom stereocenters. The summed E-state index contributed by atoms with van der Waals surface area (Å²) in [6.45, 7) is 3.41. The van der Waals surface area contributed by atoms with Crippen LogP contribution in [-0.4, -0.2) is 36.5 Å². The van der Waals surface area contributed by atoms with Gasteiger partial charge in [0.25, 0.3) is 5.91 Å². The van der Waals surface area contributed by atoms with Gasteiger partial charge in [0, 0.05) is 23.7 Å². The van der Waals surface area contributed by atoms with Gasteiger partial charge >= 0.3 is 0 Å². The van der Waals surface area contributed by atoms with Crippen LogP contribution >= 0.6 is 11.6 Å². The number of hydrogen-bond donors (Lipinski definition) is 1. The van der Waals surface area contributed by atoms with Crippen LogP contribution in [0, 0.1) is 5.82 Å². The molecular formula is C14H18ClFN2O. The number of carbonyl (C=O) groups is 1. The average molecular weight is 285 g/mol. The zero-order valence-corrected chi connectivity index (χ0v) is 11.9. The first-order chi connectivity index (χ1) is 8.95. The van der Waals surface area contributed by atoms with Crippen molar-refractivity contribution in [1.29, 1.82) is 0 Å². The van der Waals surface area contributed by atoms with Gasteiger partial charge in [0.2, 0.25) is 0 Å². The summed E-state index contributed by atoms with van der Waals surface area (Å²) >= 11 is 5.69. The Balaban J connectivity index is 2.09. The Kier molecular flexibility index (Phi) is 4.11. The van der Waals surface area contributed by atoms with Gasteiger partial charge in [0.15, 0.2) is 0 Å². The third kappa shape index (κ3) is 3.07. The Morgan fingerprint density at radius 1 is 1.42 bits per heavy atom. The molecule has 2 rings (SSSR count). The van der Waals surface area contributed by atoms with Crippen LogP contribution in [0.25, 0.3) is 0 Å². The average Bonchev–Trinajstić information content (AvgIpc) is 2.39. The molecule has 1 heterocycles. The zero-order chi connectivity index (χ0) is 14.0. The largest absolute Gasteiger partial charge is 0.338 e. The summed E-state index contributed by atoms with van der Waals surface area (Å²) in [5, 5.41) is 3.57.